The Bertz CT molecular complexity index is 965. The van der Waals surface area contributed by atoms with Crippen molar-refractivity contribution in [3.05, 3.63) is 60.2 Å². The number of benzene rings is 2. The van der Waals surface area contributed by atoms with Crippen LogP contribution in [-0.4, -0.2) is 48.1 Å². The molecule has 0 aromatic heterocycles. The minimum absolute atomic E-state index is 0.000254. The number of nitrogens with zero attached hydrogens (tertiary/aromatic N) is 1. The van der Waals surface area contributed by atoms with Gasteiger partial charge >= 0.3 is 0 Å². The highest BCUT2D eigenvalue weighted by atomic mass is 16.5. The minimum Gasteiger partial charge on any atom is -0.487 e. The van der Waals surface area contributed by atoms with Gasteiger partial charge in [0.25, 0.3) is 5.91 Å². The van der Waals surface area contributed by atoms with Crippen LogP contribution in [0.5, 0.6) is 11.5 Å². The Morgan fingerprint density at radius 2 is 1.75 bits per heavy atom. The molecule has 168 valence electrons. The number of carbonyl (C=O) groups excluding carboxylic acids is 2. The van der Waals surface area contributed by atoms with Crippen LogP contribution in [-0.2, 0) is 9.59 Å². The summed E-state index contributed by atoms with van der Waals surface area (Å²) in [7, 11) is 0. The summed E-state index contributed by atoms with van der Waals surface area (Å²) in [6, 6.07) is 17.9. The van der Waals surface area contributed by atoms with Crippen molar-refractivity contribution < 1.29 is 19.1 Å². The van der Waals surface area contributed by atoms with E-state index in [1.54, 1.807) is 0 Å². The maximum Gasteiger partial charge on any atom is 0.260 e. The summed E-state index contributed by atoms with van der Waals surface area (Å²) in [4.78, 5) is 27.1. The van der Waals surface area contributed by atoms with Crippen molar-refractivity contribution in [1.29, 1.82) is 0 Å². The van der Waals surface area contributed by atoms with Gasteiger partial charge in [0.15, 0.2) is 6.61 Å². The summed E-state index contributed by atoms with van der Waals surface area (Å²) >= 11 is 0. The fourth-order valence-electron chi connectivity index (χ4n) is 4.89. The van der Waals surface area contributed by atoms with Crippen LogP contribution in [0.4, 0.5) is 0 Å². The van der Waals surface area contributed by atoms with Gasteiger partial charge in [0.2, 0.25) is 5.91 Å². The third-order valence-corrected chi connectivity index (χ3v) is 6.81. The van der Waals surface area contributed by atoms with Crippen molar-refractivity contribution in [3.63, 3.8) is 0 Å². The van der Waals surface area contributed by atoms with Gasteiger partial charge < -0.3 is 19.7 Å². The zero-order valence-corrected chi connectivity index (χ0v) is 18.3. The average molecular weight is 435 g/mol. The van der Waals surface area contributed by atoms with E-state index in [0.717, 1.165) is 43.4 Å². The summed E-state index contributed by atoms with van der Waals surface area (Å²) in [6.45, 7) is 1.32. The predicted molar refractivity (Wildman–Crippen MR) is 121 cm³/mol. The molecule has 6 heteroatoms. The third kappa shape index (κ3) is 4.74. The molecule has 1 saturated heterocycles. The van der Waals surface area contributed by atoms with E-state index < -0.39 is 0 Å². The largest absolute Gasteiger partial charge is 0.487 e. The van der Waals surface area contributed by atoms with Crippen molar-refractivity contribution in [2.75, 3.05) is 19.7 Å². The Morgan fingerprint density at radius 1 is 1.03 bits per heavy atom. The quantitative estimate of drug-likeness (QED) is 0.754. The molecule has 0 unspecified atom stereocenters. The number of likely N-dealkylation sites (tertiary alicyclic amines) is 1. The zero-order valence-electron chi connectivity index (χ0n) is 18.3. The highest BCUT2D eigenvalue weighted by Gasteiger charge is 2.44. The first-order chi connectivity index (χ1) is 15.6. The summed E-state index contributed by atoms with van der Waals surface area (Å²) in [6.07, 6.45) is 5.02. The first-order valence-electron chi connectivity index (χ1n) is 11.6. The molecule has 6 nitrogen and oxygen atoms in total. The van der Waals surface area contributed by atoms with Crippen molar-refractivity contribution in [2.45, 2.75) is 56.1 Å². The Labute approximate surface area is 188 Å². The number of piperidine rings is 1. The van der Waals surface area contributed by atoms with Crippen molar-refractivity contribution >= 4 is 11.8 Å². The molecule has 2 aliphatic heterocycles. The number of hydrogen-bond donors (Lipinski definition) is 1. The monoisotopic (exact) mass is 434 g/mol. The smallest absolute Gasteiger partial charge is 0.260 e. The van der Waals surface area contributed by atoms with Gasteiger partial charge in [-0.3, -0.25) is 9.59 Å². The van der Waals surface area contributed by atoms with E-state index in [4.69, 9.17) is 9.47 Å². The fraction of sp³-hybridized carbons (Fsp3) is 0.462. The van der Waals surface area contributed by atoms with E-state index in [1.807, 2.05) is 53.4 Å². The van der Waals surface area contributed by atoms with E-state index in [9.17, 15) is 9.59 Å². The van der Waals surface area contributed by atoms with Crippen molar-refractivity contribution in [2.24, 2.45) is 0 Å². The number of carbonyl (C=O) groups is 2. The van der Waals surface area contributed by atoms with Gasteiger partial charge in [-0.1, -0.05) is 36.4 Å². The highest BCUT2D eigenvalue weighted by molar-refractivity contribution is 5.78. The van der Waals surface area contributed by atoms with E-state index in [1.165, 1.54) is 0 Å². The van der Waals surface area contributed by atoms with Crippen LogP contribution in [0.2, 0.25) is 0 Å². The number of para-hydroxylation sites is 2. The number of nitrogens with one attached hydrogen (secondary N) is 1. The molecule has 1 atom stereocenters. The maximum atomic E-state index is 12.7. The van der Waals surface area contributed by atoms with Crippen molar-refractivity contribution in [1.82, 2.24) is 10.2 Å². The lowest BCUT2D eigenvalue weighted by Gasteiger charge is -2.46. The topological polar surface area (TPSA) is 67.9 Å². The second-order valence-corrected chi connectivity index (χ2v) is 9.25. The predicted octanol–water partition coefficient (Wildman–Crippen LogP) is 3.66. The molecule has 2 fully saturated rings. The number of hydrogen-bond acceptors (Lipinski definition) is 4. The second kappa shape index (κ2) is 8.85. The van der Waals surface area contributed by atoms with Gasteiger partial charge in [0.1, 0.15) is 17.1 Å². The Hall–Kier alpha value is -3.02. The standard InChI is InChI=1S/C26H30N2O4/c29-24(27-20-10-11-20)16-19-17-26(32-23-9-5-4-8-22(19)23)12-14-28(15-13-26)25(30)18-31-21-6-2-1-3-7-21/h1-9,19-20H,10-18H2,(H,27,29)/t19-/m1/s1. The van der Waals surface area contributed by atoms with E-state index in [0.29, 0.717) is 31.3 Å². The van der Waals surface area contributed by atoms with Crippen LogP contribution in [0.3, 0.4) is 0 Å². The van der Waals surface area contributed by atoms with Gasteiger partial charge in [-0.2, -0.15) is 0 Å². The summed E-state index contributed by atoms with van der Waals surface area (Å²) in [5.41, 5.74) is 0.800. The first kappa shape index (κ1) is 20.9. The lowest BCUT2D eigenvalue weighted by atomic mass is 9.76. The van der Waals surface area contributed by atoms with Gasteiger partial charge in [0.05, 0.1) is 0 Å². The van der Waals surface area contributed by atoms with Crippen LogP contribution < -0.4 is 14.8 Å². The Balaban J connectivity index is 1.21. The molecule has 1 saturated carbocycles. The molecule has 0 radical (unpaired) electrons. The molecule has 2 amide bonds. The fourth-order valence-corrected chi connectivity index (χ4v) is 4.89. The molecule has 2 aromatic rings. The highest BCUT2D eigenvalue weighted by Crippen LogP contribution is 2.46. The summed E-state index contributed by atoms with van der Waals surface area (Å²) < 4.78 is 12.2. The molecule has 3 aliphatic rings. The van der Waals surface area contributed by atoms with Crippen LogP contribution in [0.1, 0.15) is 50.0 Å². The van der Waals surface area contributed by atoms with E-state index in [2.05, 4.69) is 11.4 Å². The molecule has 2 heterocycles. The maximum absolute atomic E-state index is 12.7. The van der Waals surface area contributed by atoms with Crippen LogP contribution in [0.15, 0.2) is 54.6 Å². The molecule has 1 aliphatic carbocycles. The van der Waals surface area contributed by atoms with Crippen LogP contribution >= 0.6 is 0 Å². The van der Waals surface area contributed by atoms with Gasteiger partial charge in [-0.25, -0.2) is 0 Å². The average Bonchev–Trinajstić information content (AvgIpc) is 3.62. The lowest BCUT2D eigenvalue weighted by molar-refractivity contribution is -0.137. The lowest BCUT2D eigenvalue weighted by Crippen LogP contribution is -2.52. The summed E-state index contributed by atoms with van der Waals surface area (Å²) in [5.74, 6) is 1.86. The van der Waals surface area contributed by atoms with E-state index in [-0.39, 0.29) is 29.9 Å². The molecule has 1 spiro atoms. The normalized spacial score (nSPS) is 21.4. The van der Waals surface area contributed by atoms with Crippen LogP contribution in [0.25, 0.3) is 0 Å². The molecule has 32 heavy (non-hydrogen) atoms. The van der Waals surface area contributed by atoms with Gasteiger partial charge in [0, 0.05) is 44.3 Å². The Morgan fingerprint density at radius 3 is 2.50 bits per heavy atom. The Kier molecular flexibility index (Phi) is 5.77. The third-order valence-electron chi connectivity index (χ3n) is 6.81. The van der Waals surface area contributed by atoms with E-state index >= 15 is 0 Å². The number of fused-ring (bicyclic) bond motifs is 1. The number of ether oxygens (including phenoxy) is 2. The molecule has 5 rings (SSSR count). The first-order valence-corrected chi connectivity index (χ1v) is 11.6. The molecule has 1 N–H and O–H groups in total. The number of amides is 2. The van der Waals surface area contributed by atoms with Crippen LogP contribution in [0, 0.1) is 0 Å². The number of rotatable bonds is 6. The molecular weight excluding hydrogens is 404 g/mol. The SMILES string of the molecule is O=C(C[C@@H]1CC2(CCN(C(=O)COc3ccccc3)CC2)Oc2ccccc21)NC1CC1. The minimum atomic E-state index is -0.323. The zero-order chi connectivity index (χ0) is 22.0. The van der Waals surface area contributed by atoms with Crippen molar-refractivity contribution in [3.8, 4) is 11.5 Å². The van der Waals surface area contributed by atoms with Gasteiger partial charge in [-0.05, 0) is 43.0 Å². The second-order valence-electron chi connectivity index (χ2n) is 9.25. The molecule has 0 bridgehead atoms. The summed E-state index contributed by atoms with van der Waals surface area (Å²) in [5, 5.41) is 3.13. The van der Waals surface area contributed by atoms with Gasteiger partial charge in [-0.15, -0.1) is 0 Å². The molecule has 2 aromatic carbocycles. The molecular formula is C26H30N2O4.